The topological polar surface area (TPSA) is 122 Å². The van der Waals surface area contributed by atoms with Gasteiger partial charge in [-0.25, -0.2) is 4.79 Å². The summed E-state index contributed by atoms with van der Waals surface area (Å²) in [5.74, 6) is 1.93. The van der Waals surface area contributed by atoms with Crippen LogP contribution in [-0.2, 0) is 4.79 Å². The van der Waals surface area contributed by atoms with Gasteiger partial charge in [0.1, 0.15) is 34.6 Å². The molecule has 1 unspecified atom stereocenters. The molecule has 0 saturated carbocycles. The Morgan fingerprint density at radius 1 is 0.927 bits per heavy atom. The highest BCUT2D eigenvalue weighted by atomic mass is 16.6. The van der Waals surface area contributed by atoms with E-state index in [1.54, 1.807) is 49.6 Å². The summed E-state index contributed by atoms with van der Waals surface area (Å²) in [5.41, 5.74) is 7.94. The third-order valence-electron chi connectivity index (χ3n) is 6.44. The number of methoxy groups -OCH3 is 1. The van der Waals surface area contributed by atoms with Crippen LogP contribution in [-0.4, -0.2) is 32.9 Å². The van der Waals surface area contributed by atoms with Crippen molar-refractivity contribution < 1.29 is 33.2 Å². The van der Waals surface area contributed by atoms with Crippen LogP contribution in [0.3, 0.4) is 0 Å². The molecule has 1 heterocycles. The third-order valence-corrected chi connectivity index (χ3v) is 6.44. The zero-order valence-corrected chi connectivity index (χ0v) is 23.5. The number of nitrogens with two attached hydrogens (primary N) is 1. The molecule has 214 valence electrons. The summed E-state index contributed by atoms with van der Waals surface area (Å²) >= 11 is 0. The monoisotopic (exact) mass is 558 g/mol. The molecule has 0 aliphatic carbocycles. The molecule has 2 N–H and O–H groups in total. The Hall–Kier alpha value is -4.84. The van der Waals surface area contributed by atoms with Crippen molar-refractivity contribution in [2.45, 2.75) is 39.0 Å². The Labute approximate surface area is 240 Å². The van der Waals surface area contributed by atoms with E-state index < -0.39 is 11.9 Å². The number of esters is 1. The average molecular weight is 559 g/mol. The minimum absolute atomic E-state index is 0.0193. The van der Waals surface area contributed by atoms with E-state index in [2.05, 4.69) is 13.0 Å². The Balaban J connectivity index is 1.53. The van der Waals surface area contributed by atoms with Gasteiger partial charge in [-0.3, -0.25) is 0 Å². The lowest BCUT2D eigenvalue weighted by Gasteiger charge is -2.27. The van der Waals surface area contributed by atoms with Crippen LogP contribution < -0.4 is 34.2 Å². The maximum atomic E-state index is 12.5. The summed E-state index contributed by atoms with van der Waals surface area (Å²) in [4.78, 5) is 12.5. The van der Waals surface area contributed by atoms with Crippen molar-refractivity contribution >= 4 is 5.97 Å². The van der Waals surface area contributed by atoms with E-state index in [9.17, 15) is 10.1 Å². The minimum atomic E-state index is -0.592. The first kappa shape index (κ1) is 29.2. The smallest absolute Gasteiger partial charge is 0.349 e. The molecule has 9 nitrogen and oxygen atoms in total. The molecule has 0 bridgehead atoms. The molecule has 1 aliphatic rings. The van der Waals surface area contributed by atoms with Gasteiger partial charge in [-0.05, 0) is 61.4 Å². The summed E-state index contributed by atoms with van der Waals surface area (Å²) in [6, 6.07) is 19.6. The Kier molecular flexibility index (Phi) is 9.94. The number of rotatable bonds is 13. The molecule has 0 saturated heterocycles. The van der Waals surface area contributed by atoms with Gasteiger partial charge in [0.15, 0.2) is 18.1 Å². The minimum Gasteiger partial charge on any atom is -0.497 e. The molecular weight excluding hydrogens is 524 g/mol. The number of unbranched alkanes of at least 4 members (excludes halogenated alkanes) is 2. The molecule has 1 aliphatic heterocycles. The van der Waals surface area contributed by atoms with Crippen LogP contribution in [0.2, 0.25) is 0 Å². The molecule has 41 heavy (non-hydrogen) atoms. The highest BCUT2D eigenvalue weighted by Gasteiger charge is 2.32. The van der Waals surface area contributed by atoms with E-state index in [0.29, 0.717) is 47.5 Å². The standard InChI is InChI=1S/C32H34N2O7/c1-4-6-7-16-38-27-15-8-21(17-29(27)37-5-2)31-25-14-13-24(18-28(25)41-32(34)26(31)19-33)40-30(35)20-39-23-11-9-22(36-3)10-12-23/h8-15,17-18,31H,4-7,16,20,34H2,1-3H3. The number of fused-ring (bicyclic) bond motifs is 1. The first-order valence-electron chi connectivity index (χ1n) is 13.6. The van der Waals surface area contributed by atoms with E-state index in [1.807, 2.05) is 25.1 Å². The molecule has 9 heteroatoms. The number of ether oxygens (including phenoxy) is 6. The third kappa shape index (κ3) is 7.22. The van der Waals surface area contributed by atoms with Gasteiger partial charge in [0.25, 0.3) is 0 Å². The largest absolute Gasteiger partial charge is 0.497 e. The maximum absolute atomic E-state index is 12.5. The first-order valence-corrected chi connectivity index (χ1v) is 13.6. The summed E-state index contributed by atoms with van der Waals surface area (Å²) in [6.07, 6.45) is 3.14. The highest BCUT2D eigenvalue weighted by molar-refractivity contribution is 5.74. The fraction of sp³-hybridized carbons (Fsp3) is 0.312. The molecule has 0 aromatic heterocycles. The molecular formula is C32H34N2O7. The van der Waals surface area contributed by atoms with Crippen molar-refractivity contribution in [3.63, 3.8) is 0 Å². The van der Waals surface area contributed by atoms with Crippen molar-refractivity contribution in [1.29, 1.82) is 5.26 Å². The van der Waals surface area contributed by atoms with Crippen molar-refractivity contribution in [3.8, 4) is 40.6 Å². The normalized spacial score (nSPS) is 13.9. The quantitative estimate of drug-likeness (QED) is 0.156. The van der Waals surface area contributed by atoms with Crippen LogP contribution in [0.25, 0.3) is 0 Å². The SMILES string of the molecule is CCCCCOc1ccc(C2C(C#N)=C(N)Oc3cc(OC(=O)COc4ccc(OC)cc4)ccc32)cc1OCC. The maximum Gasteiger partial charge on any atom is 0.349 e. The lowest BCUT2D eigenvalue weighted by atomic mass is 9.83. The molecule has 0 spiro atoms. The summed E-state index contributed by atoms with van der Waals surface area (Å²) in [6.45, 7) is 4.81. The van der Waals surface area contributed by atoms with E-state index in [-0.39, 0.29) is 23.8 Å². The molecule has 0 radical (unpaired) electrons. The van der Waals surface area contributed by atoms with Crippen molar-refractivity contribution in [2.24, 2.45) is 5.73 Å². The van der Waals surface area contributed by atoms with Crippen LogP contribution in [0, 0.1) is 11.3 Å². The number of carbonyl (C=O) groups is 1. The van der Waals surface area contributed by atoms with Crippen molar-refractivity contribution in [2.75, 3.05) is 26.9 Å². The summed E-state index contributed by atoms with van der Waals surface area (Å²) in [7, 11) is 1.57. The number of nitrogens with zero attached hydrogens (tertiary/aromatic N) is 1. The fourth-order valence-corrected chi connectivity index (χ4v) is 4.44. The molecule has 0 fully saturated rings. The van der Waals surface area contributed by atoms with Gasteiger partial charge in [0.2, 0.25) is 5.88 Å². The molecule has 1 atom stereocenters. The van der Waals surface area contributed by atoms with E-state index in [1.165, 1.54) is 0 Å². The van der Waals surface area contributed by atoms with Gasteiger partial charge in [-0.15, -0.1) is 0 Å². The zero-order valence-electron chi connectivity index (χ0n) is 23.5. The Morgan fingerprint density at radius 3 is 2.39 bits per heavy atom. The average Bonchev–Trinajstić information content (AvgIpc) is 2.98. The summed E-state index contributed by atoms with van der Waals surface area (Å²) in [5, 5.41) is 9.95. The van der Waals surface area contributed by atoms with Gasteiger partial charge in [-0.1, -0.05) is 31.9 Å². The van der Waals surface area contributed by atoms with E-state index in [0.717, 1.165) is 24.8 Å². The predicted octanol–water partition coefficient (Wildman–Crippen LogP) is 5.87. The Morgan fingerprint density at radius 2 is 1.68 bits per heavy atom. The number of carbonyl (C=O) groups excluding carboxylic acids is 1. The van der Waals surface area contributed by atoms with Gasteiger partial charge < -0.3 is 34.2 Å². The van der Waals surface area contributed by atoms with Gasteiger partial charge in [0, 0.05) is 11.6 Å². The van der Waals surface area contributed by atoms with E-state index >= 15 is 0 Å². The highest BCUT2D eigenvalue weighted by Crippen LogP contribution is 2.45. The lowest BCUT2D eigenvalue weighted by molar-refractivity contribution is -0.136. The predicted molar refractivity (Wildman–Crippen MR) is 152 cm³/mol. The van der Waals surface area contributed by atoms with Crippen LogP contribution in [0.1, 0.15) is 50.2 Å². The van der Waals surface area contributed by atoms with Crippen LogP contribution in [0.5, 0.6) is 34.5 Å². The second-order valence-electron chi connectivity index (χ2n) is 9.26. The second kappa shape index (κ2) is 14.0. The van der Waals surface area contributed by atoms with Crippen molar-refractivity contribution in [1.82, 2.24) is 0 Å². The summed E-state index contributed by atoms with van der Waals surface area (Å²) < 4.78 is 33.7. The molecule has 4 rings (SSSR count). The Bertz CT molecular complexity index is 1430. The number of nitriles is 1. The van der Waals surface area contributed by atoms with Crippen LogP contribution in [0.4, 0.5) is 0 Å². The lowest BCUT2D eigenvalue weighted by Crippen LogP contribution is -2.22. The van der Waals surface area contributed by atoms with Crippen molar-refractivity contribution in [3.05, 3.63) is 83.2 Å². The molecule has 0 amide bonds. The van der Waals surface area contributed by atoms with E-state index in [4.69, 9.17) is 34.2 Å². The molecule has 3 aromatic carbocycles. The van der Waals surface area contributed by atoms with Gasteiger partial charge >= 0.3 is 5.97 Å². The molecule has 3 aromatic rings. The van der Waals surface area contributed by atoms with Gasteiger partial charge in [0.05, 0.1) is 26.2 Å². The number of hydrogen-bond donors (Lipinski definition) is 1. The number of benzene rings is 3. The number of allylic oxidation sites excluding steroid dienone is 1. The second-order valence-corrected chi connectivity index (χ2v) is 9.26. The zero-order chi connectivity index (χ0) is 29.2. The van der Waals surface area contributed by atoms with Crippen LogP contribution >= 0.6 is 0 Å². The number of hydrogen-bond acceptors (Lipinski definition) is 9. The van der Waals surface area contributed by atoms with Gasteiger partial charge in [-0.2, -0.15) is 5.26 Å². The van der Waals surface area contributed by atoms with Crippen LogP contribution in [0.15, 0.2) is 72.1 Å². The fourth-order valence-electron chi connectivity index (χ4n) is 4.44. The first-order chi connectivity index (χ1) is 20.0.